The summed E-state index contributed by atoms with van der Waals surface area (Å²) in [6.07, 6.45) is 6.18. The molecule has 5 nitrogen and oxygen atoms in total. The van der Waals surface area contributed by atoms with Crippen molar-refractivity contribution in [3.8, 4) is 5.75 Å². The third kappa shape index (κ3) is 6.85. The number of aldehydes is 1. The fourth-order valence-electron chi connectivity index (χ4n) is 4.74. The van der Waals surface area contributed by atoms with Gasteiger partial charge in [-0.25, -0.2) is 0 Å². The van der Waals surface area contributed by atoms with Crippen molar-refractivity contribution in [1.29, 1.82) is 0 Å². The second kappa shape index (κ2) is 12.0. The molecule has 0 aromatic heterocycles. The van der Waals surface area contributed by atoms with Crippen LogP contribution in [0.4, 0.5) is 5.69 Å². The van der Waals surface area contributed by atoms with E-state index in [1.807, 2.05) is 75.2 Å². The lowest BCUT2D eigenvalue weighted by atomic mass is 9.96. The van der Waals surface area contributed by atoms with Gasteiger partial charge in [-0.3, -0.25) is 0 Å². The van der Waals surface area contributed by atoms with Crippen molar-refractivity contribution in [2.24, 2.45) is 0 Å². The molecule has 0 saturated heterocycles. The quantitative estimate of drug-likeness (QED) is 0.237. The Morgan fingerprint density at radius 3 is 2.43 bits per heavy atom. The first-order valence-electron chi connectivity index (χ1n) is 12.7. The van der Waals surface area contributed by atoms with Crippen LogP contribution < -0.4 is 10.1 Å². The molecule has 0 spiro atoms. The smallest absolute Gasteiger partial charge is 0.130 e. The van der Waals surface area contributed by atoms with Gasteiger partial charge in [-0.05, 0) is 94.5 Å². The first-order chi connectivity index (χ1) is 17.5. The van der Waals surface area contributed by atoms with Crippen LogP contribution in [0.2, 0.25) is 5.02 Å². The standard InChI is InChI=1S/C31H39ClN2O3/c1-8-9-29(20(2)3)34(7)17-25(36)18-37-26-14-21(4)30(22(5)15-26)23(6)33-28-16-24(10-11-27(28)32)31(19-35)12-13-31/h8-11,14-16,19,25,33,36H,6,12-13,17-18H2,1-5,7H3/b9-8-/t25-/m0/s1. The first kappa shape index (κ1) is 28.5. The van der Waals surface area contributed by atoms with Gasteiger partial charge in [-0.15, -0.1) is 0 Å². The first-order valence-corrected chi connectivity index (χ1v) is 13.0. The van der Waals surface area contributed by atoms with Gasteiger partial charge in [-0.1, -0.05) is 35.9 Å². The highest BCUT2D eigenvalue weighted by molar-refractivity contribution is 6.33. The molecule has 2 aromatic carbocycles. The van der Waals surface area contributed by atoms with Crippen molar-refractivity contribution >= 4 is 29.3 Å². The number of carbonyl (C=O) groups is 1. The number of hydrogen-bond acceptors (Lipinski definition) is 5. The number of halogens is 1. The highest BCUT2D eigenvalue weighted by Gasteiger charge is 2.44. The van der Waals surface area contributed by atoms with E-state index in [0.717, 1.165) is 58.5 Å². The van der Waals surface area contributed by atoms with Crippen LogP contribution in [0.15, 0.2) is 60.3 Å². The van der Waals surface area contributed by atoms with Gasteiger partial charge < -0.3 is 24.9 Å². The number of benzene rings is 2. The minimum absolute atomic E-state index is 0.189. The van der Waals surface area contributed by atoms with Crippen LogP contribution in [0, 0.1) is 13.8 Å². The Labute approximate surface area is 226 Å². The van der Waals surface area contributed by atoms with Crippen molar-refractivity contribution < 1.29 is 14.6 Å². The Morgan fingerprint density at radius 2 is 1.89 bits per heavy atom. The van der Waals surface area contributed by atoms with Gasteiger partial charge in [0.15, 0.2) is 0 Å². The molecule has 1 fully saturated rings. The Kier molecular flexibility index (Phi) is 9.27. The molecular formula is C31H39ClN2O3. The van der Waals surface area contributed by atoms with Crippen molar-refractivity contribution in [2.75, 3.05) is 25.5 Å². The van der Waals surface area contributed by atoms with Crippen LogP contribution in [-0.2, 0) is 10.2 Å². The minimum Gasteiger partial charge on any atom is -0.491 e. The summed E-state index contributed by atoms with van der Waals surface area (Å²) in [4.78, 5) is 13.6. The number of nitrogens with one attached hydrogen (secondary N) is 1. The molecule has 1 atom stereocenters. The van der Waals surface area contributed by atoms with Gasteiger partial charge in [-0.2, -0.15) is 0 Å². The normalized spacial score (nSPS) is 14.7. The fourth-order valence-corrected chi connectivity index (χ4v) is 4.91. The molecule has 6 heteroatoms. The van der Waals surface area contributed by atoms with Crippen LogP contribution in [0.25, 0.3) is 5.70 Å². The number of allylic oxidation sites excluding steroid dienone is 3. The van der Waals surface area contributed by atoms with E-state index in [2.05, 4.69) is 25.7 Å². The maximum atomic E-state index is 11.6. The van der Waals surface area contributed by atoms with Crippen molar-refractivity contribution in [1.82, 2.24) is 4.90 Å². The number of aliphatic hydroxyl groups is 1. The molecule has 0 radical (unpaired) electrons. The zero-order valence-electron chi connectivity index (χ0n) is 22.8. The third-order valence-corrected chi connectivity index (χ3v) is 7.15. The predicted molar refractivity (Wildman–Crippen MR) is 154 cm³/mol. The van der Waals surface area contributed by atoms with Gasteiger partial charge in [0.2, 0.25) is 0 Å². The molecule has 0 bridgehead atoms. The summed E-state index contributed by atoms with van der Waals surface area (Å²) in [5.74, 6) is 0.700. The third-order valence-electron chi connectivity index (χ3n) is 6.82. The van der Waals surface area contributed by atoms with Gasteiger partial charge in [0.1, 0.15) is 24.7 Å². The Bertz CT molecular complexity index is 1200. The lowest BCUT2D eigenvalue weighted by Crippen LogP contribution is -2.32. The van der Waals surface area contributed by atoms with Crippen LogP contribution >= 0.6 is 11.6 Å². The second-order valence-electron chi connectivity index (χ2n) is 10.2. The maximum Gasteiger partial charge on any atom is 0.130 e. The van der Waals surface area contributed by atoms with Gasteiger partial charge in [0, 0.05) is 30.5 Å². The molecule has 1 aliphatic rings. The number of carbonyl (C=O) groups excluding carboxylic acids is 1. The SMILES string of the molecule is C=C(Nc1cc(C2(C=O)CC2)ccc1Cl)c1c(C)cc(OC[C@@H](O)CN(C)C(/C=C\C)=C(C)C)cc1C. The highest BCUT2D eigenvalue weighted by Crippen LogP contribution is 2.47. The van der Waals surface area contributed by atoms with Crippen LogP contribution in [0.1, 0.15) is 55.9 Å². The number of ether oxygens (including phenoxy) is 1. The summed E-state index contributed by atoms with van der Waals surface area (Å²) in [7, 11) is 1.97. The van der Waals surface area contributed by atoms with E-state index >= 15 is 0 Å². The van der Waals surface area contributed by atoms with E-state index in [1.165, 1.54) is 5.57 Å². The van der Waals surface area contributed by atoms with E-state index in [0.29, 0.717) is 17.3 Å². The molecule has 3 rings (SSSR count). The van der Waals surface area contributed by atoms with E-state index < -0.39 is 6.10 Å². The number of aliphatic hydroxyl groups excluding tert-OH is 1. The second-order valence-corrected chi connectivity index (χ2v) is 10.6. The van der Waals surface area contributed by atoms with Crippen molar-refractivity contribution in [3.63, 3.8) is 0 Å². The lowest BCUT2D eigenvalue weighted by molar-refractivity contribution is -0.109. The fraction of sp³-hybridized carbons (Fsp3) is 0.387. The maximum absolute atomic E-state index is 11.6. The van der Waals surface area contributed by atoms with Gasteiger partial charge >= 0.3 is 0 Å². The summed E-state index contributed by atoms with van der Waals surface area (Å²) < 4.78 is 5.96. The van der Waals surface area contributed by atoms with E-state index in [1.54, 1.807) is 0 Å². The van der Waals surface area contributed by atoms with Gasteiger partial charge in [0.25, 0.3) is 0 Å². The average Bonchev–Trinajstić information content (AvgIpc) is 3.63. The number of hydrogen-bond donors (Lipinski definition) is 2. The van der Waals surface area contributed by atoms with Crippen molar-refractivity contribution in [3.05, 3.63) is 87.6 Å². The summed E-state index contributed by atoms with van der Waals surface area (Å²) in [6.45, 7) is 15.0. The van der Waals surface area contributed by atoms with Crippen LogP contribution in [0.5, 0.6) is 5.75 Å². The number of anilines is 1. The molecule has 0 heterocycles. The molecule has 37 heavy (non-hydrogen) atoms. The Balaban J connectivity index is 1.68. The minimum atomic E-state index is -0.642. The molecule has 0 unspecified atom stereocenters. The Morgan fingerprint density at radius 1 is 1.24 bits per heavy atom. The summed E-state index contributed by atoms with van der Waals surface area (Å²) in [5.41, 5.74) is 7.31. The zero-order valence-corrected chi connectivity index (χ0v) is 23.6. The van der Waals surface area contributed by atoms with Gasteiger partial charge in [0.05, 0.1) is 16.1 Å². The molecule has 2 aromatic rings. The molecule has 1 saturated carbocycles. The topological polar surface area (TPSA) is 61.8 Å². The lowest BCUT2D eigenvalue weighted by Gasteiger charge is -2.25. The number of likely N-dealkylation sites (N-methyl/N-ethyl adjacent to an activating group) is 1. The molecule has 198 valence electrons. The highest BCUT2D eigenvalue weighted by atomic mass is 35.5. The zero-order chi connectivity index (χ0) is 27.3. The average molecular weight is 523 g/mol. The number of nitrogens with zero attached hydrogens (tertiary/aromatic N) is 1. The van der Waals surface area contributed by atoms with E-state index in [9.17, 15) is 9.90 Å². The van der Waals surface area contributed by atoms with Crippen LogP contribution in [-0.4, -0.2) is 42.6 Å². The summed E-state index contributed by atoms with van der Waals surface area (Å²) in [6, 6.07) is 9.61. The van der Waals surface area contributed by atoms with Crippen LogP contribution in [0.3, 0.4) is 0 Å². The summed E-state index contributed by atoms with van der Waals surface area (Å²) in [5, 5.41) is 14.5. The molecule has 0 amide bonds. The molecule has 2 N–H and O–H groups in total. The predicted octanol–water partition coefficient (Wildman–Crippen LogP) is 6.81. The molecule has 1 aliphatic carbocycles. The number of rotatable bonds is 12. The summed E-state index contributed by atoms with van der Waals surface area (Å²) >= 11 is 6.46. The van der Waals surface area contributed by atoms with Crippen molar-refractivity contribution in [2.45, 2.75) is 59.0 Å². The number of aryl methyl sites for hydroxylation is 2. The van der Waals surface area contributed by atoms with E-state index in [4.69, 9.17) is 16.3 Å². The Hall–Kier alpha value is -3.02. The molecule has 0 aliphatic heterocycles. The largest absolute Gasteiger partial charge is 0.491 e. The monoisotopic (exact) mass is 522 g/mol. The van der Waals surface area contributed by atoms with E-state index in [-0.39, 0.29) is 12.0 Å². The molecular weight excluding hydrogens is 484 g/mol.